The van der Waals surface area contributed by atoms with Gasteiger partial charge in [0, 0.05) is 47.9 Å². The largest absolute Gasteiger partial charge is 0.481 e. The Morgan fingerprint density at radius 3 is 2.44 bits per heavy atom. The van der Waals surface area contributed by atoms with Gasteiger partial charge in [-0.25, -0.2) is 4.98 Å². The molecule has 1 aliphatic heterocycles. The lowest BCUT2D eigenvalue weighted by atomic mass is 9.94. The first-order chi connectivity index (χ1) is 20.0. The normalized spacial score (nSPS) is 15.6. The first-order valence-electron chi connectivity index (χ1n) is 13.8. The van der Waals surface area contributed by atoms with Crippen LogP contribution in [0.25, 0.3) is 22.5 Å². The predicted molar refractivity (Wildman–Crippen MR) is 157 cm³/mol. The molecular weight excluding hydrogens is 538 g/mol. The van der Waals surface area contributed by atoms with Crippen LogP contribution in [0.2, 0.25) is 0 Å². The minimum atomic E-state index is -1.00. The summed E-state index contributed by atoms with van der Waals surface area (Å²) in [6.07, 6.45) is 4.93. The topological polar surface area (TPSA) is 117 Å². The average molecular weight is 568 g/mol. The molecule has 2 aromatic carbocycles. The number of hydrogen-bond acceptors (Lipinski definition) is 7. The molecule has 10 heteroatoms. The molecule has 1 saturated carbocycles. The fraction of sp³-hybridized carbons (Fsp3) is 0.290. The molecule has 2 aromatic heterocycles. The van der Waals surface area contributed by atoms with Crippen molar-refractivity contribution in [1.29, 1.82) is 0 Å². The molecule has 3 heterocycles. The molecule has 4 aromatic rings. The Balaban J connectivity index is 1.28. The fourth-order valence-corrected chi connectivity index (χ4v) is 6.03. The van der Waals surface area contributed by atoms with E-state index in [1.807, 2.05) is 66.7 Å². The van der Waals surface area contributed by atoms with Crippen LogP contribution in [0, 0.1) is 5.92 Å². The summed E-state index contributed by atoms with van der Waals surface area (Å²) in [5.41, 5.74) is 3.48. The fourth-order valence-electron chi connectivity index (χ4n) is 5.26. The summed E-state index contributed by atoms with van der Waals surface area (Å²) in [5, 5.41) is 10.1. The minimum absolute atomic E-state index is 0.00402. The van der Waals surface area contributed by atoms with Crippen molar-refractivity contribution in [1.82, 2.24) is 14.3 Å². The summed E-state index contributed by atoms with van der Waals surface area (Å²) in [7, 11) is 0. The Bertz CT molecular complexity index is 1570. The highest BCUT2D eigenvalue weighted by molar-refractivity contribution is 7.10. The Morgan fingerprint density at radius 2 is 1.78 bits per heavy atom. The number of carboxylic acids is 1. The van der Waals surface area contributed by atoms with Crippen LogP contribution in [-0.4, -0.2) is 49.8 Å². The van der Waals surface area contributed by atoms with Gasteiger partial charge in [-0.1, -0.05) is 54.6 Å². The van der Waals surface area contributed by atoms with Gasteiger partial charge >= 0.3 is 5.97 Å². The molecule has 1 saturated heterocycles. The molecule has 1 atom stereocenters. The van der Waals surface area contributed by atoms with E-state index < -0.39 is 11.9 Å². The summed E-state index contributed by atoms with van der Waals surface area (Å²) in [6, 6.07) is 21.1. The lowest BCUT2D eigenvalue weighted by Crippen LogP contribution is -2.39. The Morgan fingerprint density at radius 1 is 1.02 bits per heavy atom. The van der Waals surface area contributed by atoms with Crippen molar-refractivity contribution in [2.45, 2.75) is 44.6 Å². The van der Waals surface area contributed by atoms with Crippen molar-refractivity contribution in [3.63, 3.8) is 0 Å². The molecule has 2 fully saturated rings. The van der Waals surface area contributed by atoms with E-state index in [0.717, 1.165) is 53.0 Å². The molecule has 0 radical (unpaired) electrons. The number of carboxylic acid groups (broad SMARTS) is 1. The number of amides is 2. The molecule has 0 spiro atoms. The van der Waals surface area contributed by atoms with Gasteiger partial charge in [0.1, 0.15) is 5.82 Å². The van der Waals surface area contributed by atoms with E-state index in [1.54, 1.807) is 16.0 Å². The van der Waals surface area contributed by atoms with Crippen LogP contribution < -0.4 is 9.80 Å². The maximum absolute atomic E-state index is 13.8. The van der Waals surface area contributed by atoms with E-state index in [-0.39, 0.29) is 24.3 Å². The molecule has 9 nitrogen and oxygen atoms in total. The number of nitrogens with zero attached hydrogens (tertiary/aromatic N) is 5. The number of carbonyl (C=O) groups is 3. The van der Waals surface area contributed by atoms with Crippen LogP contribution in [0.5, 0.6) is 0 Å². The zero-order chi connectivity index (χ0) is 28.3. The molecule has 41 heavy (non-hydrogen) atoms. The van der Waals surface area contributed by atoms with Crippen LogP contribution in [0.1, 0.15) is 37.7 Å². The van der Waals surface area contributed by atoms with Crippen molar-refractivity contribution in [2.24, 2.45) is 5.92 Å². The maximum atomic E-state index is 13.8. The van der Waals surface area contributed by atoms with Crippen LogP contribution in [-0.2, 0) is 20.8 Å². The third-order valence-electron chi connectivity index (χ3n) is 7.44. The third kappa shape index (κ3) is 5.88. The first-order valence-corrected chi connectivity index (χ1v) is 14.5. The lowest BCUT2D eigenvalue weighted by molar-refractivity contribution is -0.140. The molecule has 2 amide bonds. The summed E-state index contributed by atoms with van der Waals surface area (Å²) in [4.78, 5) is 50.4. The quantitative estimate of drug-likeness (QED) is 0.279. The maximum Gasteiger partial charge on any atom is 0.304 e. The van der Waals surface area contributed by atoms with Crippen LogP contribution in [0.3, 0.4) is 0 Å². The molecule has 2 aliphatic rings. The van der Waals surface area contributed by atoms with Gasteiger partial charge in [0.15, 0.2) is 5.82 Å². The van der Waals surface area contributed by atoms with E-state index in [0.29, 0.717) is 36.2 Å². The third-order valence-corrected chi connectivity index (χ3v) is 8.16. The summed E-state index contributed by atoms with van der Waals surface area (Å²) >= 11 is 1.15. The Hall–Kier alpha value is -4.44. The Kier molecular flexibility index (Phi) is 7.56. The van der Waals surface area contributed by atoms with Gasteiger partial charge < -0.3 is 5.11 Å². The number of anilines is 2. The minimum Gasteiger partial charge on any atom is -0.481 e. The zero-order valence-electron chi connectivity index (χ0n) is 22.3. The van der Waals surface area contributed by atoms with Gasteiger partial charge in [-0.3, -0.25) is 24.2 Å². The highest BCUT2D eigenvalue weighted by atomic mass is 32.1. The van der Waals surface area contributed by atoms with Gasteiger partial charge in [0.2, 0.25) is 16.9 Å². The van der Waals surface area contributed by atoms with Crippen molar-refractivity contribution in [2.75, 3.05) is 16.3 Å². The highest BCUT2D eigenvalue weighted by Gasteiger charge is 2.39. The second-order valence-electron chi connectivity index (χ2n) is 10.4. The number of benzene rings is 2. The molecule has 1 N–H and O–H groups in total. The van der Waals surface area contributed by atoms with E-state index in [2.05, 4.69) is 9.36 Å². The smallest absolute Gasteiger partial charge is 0.304 e. The number of rotatable bonds is 10. The van der Waals surface area contributed by atoms with E-state index in [1.165, 1.54) is 0 Å². The van der Waals surface area contributed by atoms with Crippen molar-refractivity contribution < 1.29 is 19.5 Å². The van der Waals surface area contributed by atoms with Crippen molar-refractivity contribution in [3.05, 3.63) is 78.5 Å². The monoisotopic (exact) mass is 567 g/mol. The molecule has 1 aliphatic carbocycles. The van der Waals surface area contributed by atoms with E-state index >= 15 is 0 Å². The van der Waals surface area contributed by atoms with Crippen LogP contribution in [0.4, 0.5) is 10.9 Å². The summed E-state index contributed by atoms with van der Waals surface area (Å²) in [5.74, 6) is -0.707. The number of aliphatic carboxylic acids is 1. The van der Waals surface area contributed by atoms with E-state index in [4.69, 9.17) is 4.98 Å². The van der Waals surface area contributed by atoms with Gasteiger partial charge in [-0.05, 0) is 48.9 Å². The van der Waals surface area contributed by atoms with E-state index in [9.17, 15) is 19.5 Å². The average Bonchev–Trinajstić information content (AvgIpc) is 3.53. The number of pyridine rings is 1. The summed E-state index contributed by atoms with van der Waals surface area (Å²) in [6.45, 7) is 0.683. The van der Waals surface area contributed by atoms with Gasteiger partial charge in [-0.15, -0.1) is 0 Å². The van der Waals surface area contributed by atoms with Crippen molar-refractivity contribution in [3.8, 4) is 22.5 Å². The zero-order valence-corrected chi connectivity index (χ0v) is 23.2. The standard InChI is InChI=1S/C31H29N5O4S/c37-27-11-6-16-35(27)26-15-12-21(19-32-26)24-9-4-5-10-25(24)29-33-31(41-34-29)36(23-13-14-23)30(40)22(18-28(38)39)17-20-7-2-1-3-8-20/h1-5,7-10,12,15,19,22-23H,6,11,13-14,16-18H2,(H,38,39). The van der Waals surface area contributed by atoms with Gasteiger partial charge in [0.25, 0.3) is 0 Å². The number of aromatic nitrogens is 3. The highest BCUT2D eigenvalue weighted by Crippen LogP contribution is 2.38. The first kappa shape index (κ1) is 26.8. The second kappa shape index (κ2) is 11.6. The van der Waals surface area contributed by atoms with Gasteiger partial charge in [-0.2, -0.15) is 9.36 Å². The molecule has 6 rings (SSSR count). The molecule has 0 bridgehead atoms. The number of carbonyl (C=O) groups excluding carboxylic acids is 2. The molecule has 1 unspecified atom stereocenters. The SMILES string of the molecule is O=C(O)CC(Cc1ccccc1)C(=O)N(c1nc(-c2ccccc2-c2ccc(N3CCCC3=O)nc2)ns1)C1CC1. The Labute approximate surface area is 241 Å². The molecule has 208 valence electrons. The van der Waals surface area contributed by atoms with Crippen LogP contribution >= 0.6 is 11.5 Å². The summed E-state index contributed by atoms with van der Waals surface area (Å²) < 4.78 is 4.63. The van der Waals surface area contributed by atoms with Crippen LogP contribution in [0.15, 0.2) is 72.9 Å². The molecular formula is C31H29N5O4S. The predicted octanol–water partition coefficient (Wildman–Crippen LogP) is 5.22. The van der Waals surface area contributed by atoms with Gasteiger partial charge in [0.05, 0.1) is 12.3 Å². The lowest BCUT2D eigenvalue weighted by Gasteiger charge is -2.24. The second-order valence-corrected chi connectivity index (χ2v) is 11.2. The van der Waals surface area contributed by atoms with Crippen molar-refractivity contribution >= 4 is 40.3 Å². The number of hydrogen-bond donors (Lipinski definition) is 1.